The normalized spacial score (nSPS) is 18.5. The van der Waals surface area contributed by atoms with Crippen molar-refractivity contribution in [3.05, 3.63) is 30.1 Å². The molecular weight excluding hydrogens is 248 g/mol. The van der Waals surface area contributed by atoms with Gasteiger partial charge in [0.15, 0.2) is 0 Å². The minimum Gasteiger partial charge on any atom is -0.325 e. The summed E-state index contributed by atoms with van der Waals surface area (Å²) in [5, 5.41) is 0. The van der Waals surface area contributed by atoms with Crippen LogP contribution in [0.5, 0.6) is 0 Å². The molecule has 3 rings (SSSR count). The molecule has 108 valence electrons. The van der Waals surface area contributed by atoms with Crippen molar-refractivity contribution >= 4 is 11.0 Å². The summed E-state index contributed by atoms with van der Waals surface area (Å²) in [5.74, 6) is 1.00. The molecule has 1 unspecified atom stereocenters. The third-order valence-electron chi connectivity index (χ3n) is 4.18. The van der Waals surface area contributed by atoms with Gasteiger partial charge in [0.05, 0.1) is 17.1 Å². The van der Waals surface area contributed by atoms with Gasteiger partial charge in [0.25, 0.3) is 0 Å². The van der Waals surface area contributed by atoms with Crippen LogP contribution in [0.25, 0.3) is 11.0 Å². The molecule has 1 fully saturated rings. The number of fused-ring (bicyclic) bond motifs is 1. The number of hydrogen-bond donors (Lipinski definition) is 1. The van der Waals surface area contributed by atoms with Crippen molar-refractivity contribution in [2.24, 2.45) is 5.73 Å². The van der Waals surface area contributed by atoms with Crippen LogP contribution in [0.3, 0.4) is 0 Å². The summed E-state index contributed by atoms with van der Waals surface area (Å²) in [6.45, 7) is 6.57. The highest BCUT2D eigenvalue weighted by Crippen LogP contribution is 2.20. The number of imidazole rings is 1. The van der Waals surface area contributed by atoms with Crippen LogP contribution < -0.4 is 5.73 Å². The lowest BCUT2D eigenvalue weighted by Gasteiger charge is -2.27. The maximum atomic E-state index is 6.09. The van der Waals surface area contributed by atoms with Gasteiger partial charge >= 0.3 is 0 Å². The van der Waals surface area contributed by atoms with E-state index in [2.05, 4.69) is 27.7 Å². The highest BCUT2D eigenvalue weighted by atomic mass is 15.2. The highest BCUT2D eigenvalue weighted by Gasteiger charge is 2.15. The maximum Gasteiger partial charge on any atom is 0.126 e. The van der Waals surface area contributed by atoms with Crippen molar-refractivity contribution in [3.63, 3.8) is 0 Å². The molecule has 1 saturated heterocycles. The molecule has 1 aromatic heterocycles. The largest absolute Gasteiger partial charge is 0.325 e. The molecule has 20 heavy (non-hydrogen) atoms. The van der Waals surface area contributed by atoms with E-state index in [4.69, 9.17) is 10.7 Å². The highest BCUT2D eigenvalue weighted by molar-refractivity contribution is 5.76. The number of aromatic nitrogens is 2. The standard InChI is InChI=1S/C16H24N4/c1-13(17)16-18-14-7-3-4-8-15(14)20(16)12-11-19-9-5-2-6-10-19/h3-4,7-8,13H,2,5-6,9-12,17H2,1H3. The average Bonchev–Trinajstić information content (AvgIpc) is 2.85. The molecule has 1 aliphatic rings. The summed E-state index contributed by atoms with van der Waals surface area (Å²) < 4.78 is 2.30. The Morgan fingerprint density at radius 1 is 1.15 bits per heavy atom. The van der Waals surface area contributed by atoms with Crippen LogP contribution in [0.2, 0.25) is 0 Å². The van der Waals surface area contributed by atoms with Gasteiger partial charge < -0.3 is 15.2 Å². The Kier molecular flexibility index (Phi) is 4.03. The van der Waals surface area contributed by atoms with Crippen LogP contribution in [0.15, 0.2) is 24.3 Å². The molecule has 1 aromatic carbocycles. The van der Waals surface area contributed by atoms with Gasteiger partial charge in [-0.1, -0.05) is 18.6 Å². The van der Waals surface area contributed by atoms with Gasteiger partial charge in [-0.2, -0.15) is 0 Å². The molecule has 4 nitrogen and oxygen atoms in total. The molecule has 0 spiro atoms. The summed E-state index contributed by atoms with van der Waals surface area (Å²) in [4.78, 5) is 7.25. The Labute approximate surface area is 120 Å². The lowest BCUT2D eigenvalue weighted by atomic mass is 10.1. The van der Waals surface area contributed by atoms with Crippen LogP contribution in [-0.4, -0.2) is 34.1 Å². The summed E-state index contributed by atoms with van der Waals surface area (Å²) in [6, 6.07) is 8.30. The van der Waals surface area contributed by atoms with Crippen LogP contribution >= 0.6 is 0 Å². The smallest absolute Gasteiger partial charge is 0.126 e. The van der Waals surface area contributed by atoms with Crippen LogP contribution in [0.4, 0.5) is 0 Å². The van der Waals surface area contributed by atoms with E-state index >= 15 is 0 Å². The van der Waals surface area contributed by atoms with E-state index in [-0.39, 0.29) is 6.04 Å². The first kappa shape index (κ1) is 13.6. The molecular formula is C16H24N4. The number of piperidine rings is 1. The fourth-order valence-corrected chi connectivity index (χ4v) is 3.10. The first-order valence-electron chi connectivity index (χ1n) is 7.69. The van der Waals surface area contributed by atoms with Gasteiger partial charge in [0.2, 0.25) is 0 Å². The average molecular weight is 272 g/mol. The number of para-hydroxylation sites is 2. The second-order valence-electron chi connectivity index (χ2n) is 5.80. The number of likely N-dealkylation sites (tertiary alicyclic amines) is 1. The van der Waals surface area contributed by atoms with E-state index in [1.54, 1.807) is 0 Å². The van der Waals surface area contributed by atoms with Gasteiger partial charge in [0, 0.05) is 13.1 Å². The van der Waals surface area contributed by atoms with Gasteiger partial charge in [0.1, 0.15) is 5.82 Å². The fourth-order valence-electron chi connectivity index (χ4n) is 3.10. The van der Waals surface area contributed by atoms with E-state index in [1.165, 1.54) is 37.9 Å². The summed E-state index contributed by atoms with van der Waals surface area (Å²) in [5.41, 5.74) is 8.35. The maximum absolute atomic E-state index is 6.09. The van der Waals surface area contributed by atoms with E-state index < -0.39 is 0 Å². The molecule has 0 radical (unpaired) electrons. The summed E-state index contributed by atoms with van der Waals surface area (Å²) >= 11 is 0. The topological polar surface area (TPSA) is 47.1 Å². The van der Waals surface area contributed by atoms with E-state index in [9.17, 15) is 0 Å². The van der Waals surface area contributed by atoms with E-state index in [0.717, 1.165) is 24.4 Å². The second kappa shape index (κ2) is 5.94. The summed E-state index contributed by atoms with van der Waals surface area (Å²) in [7, 11) is 0. The van der Waals surface area contributed by atoms with Crippen molar-refractivity contribution in [1.29, 1.82) is 0 Å². The zero-order valence-electron chi connectivity index (χ0n) is 12.3. The quantitative estimate of drug-likeness (QED) is 0.930. The van der Waals surface area contributed by atoms with Crippen LogP contribution in [0, 0.1) is 0 Å². The third-order valence-corrected chi connectivity index (χ3v) is 4.18. The summed E-state index contributed by atoms with van der Waals surface area (Å²) in [6.07, 6.45) is 4.06. The molecule has 0 saturated carbocycles. The predicted molar refractivity (Wildman–Crippen MR) is 82.6 cm³/mol. The van der Waals surface area contributed by atoms with Gasteiger partial charge in [-0.25, -0.2) is 4.98 Å². The Morgan fingerprint density at radius 3 is 2.65 bits per heavy atom. The third kappa shape index (κ3) is 2.72. The first-order valence-corrected chi connectivity index (χ1v) is 7.69. The predicted octanol–water partition coefficient (Wildman–Crippen LogP) is 2.54. The first-order chi connectivity index (χ1) is 9.75. The lowest BCUT2D eigenvalue weighted by molar-refractivity contribution is 0.220. The second-order valence-corrected chi connectivity index (χ2v) is 5.80. The Morgan fingerprint density at radius 2 is 1.90 bits per heavy atom. The number of rotatable bonds is 4. The van der Waals surface area contributed by atoms with Gasteiger partial charge in [-0.3, -0.25) is 0 Å². The SMILES string of the molecule is CC(N)c1nc2ccccc2n1CCN1CCCCC1. The number of benzene rings is 1. The minimum absolute atomic E-state index is 0.0243. The van der Waals surface area contributed by atoms with Crippen LogP contribution in [0.1, 0.15) is 38.1 Å². The van der Waals surface area contributed by atoms with Crippen molar-refractivity contribution < 1.29 is 0 Å². The molecule has 2 N–H and O–H groups in total. The molecule has 1 aliphatic heterocycles. The molecule has 4 heteroatoms. The van der Waals surface area contributed by atoms with Crippen LogP contribution in [-0.2, 0) is 6.54 Å². The molecule has 0 bridgehead atoms. The van der Waals surface area contributed by atoms with Gasteiger partial charge in [-0.05, 0) is 45.0 Å². The molecule has 2 aromatic rings. The lowest BCUT2D eigenvalue weighted by Crippen LogP contribution is -2.33. The molecule has 0 aliphatic carbocycles. The van der Waals surface area contributed by atoms with Crippen molar-refractivity contribution in [3.8, 4) is 0 Å². The number of hydrogen-bond acceptors (Lipinski definition) is 3. The molecule has 0 amide bonds. The number of nitrogens with two attached hydrogens (primary N) is 1. The minimum atomic E-state index is -0.0243. The van der Waals surface area contributed by atoms with E-state index in [0.29, 0.717) is 0 Å². The zero-order valence-corrected chi connectivity index (χ0v) is 12.3. The fraction of sp³-hybridized carbons (Fsp3) is 0.562. The van der Waals surface area contributed by atoms with Crippen molar-refractivity contribution in [1.82, 2.24) is 14.5 Å². The monoisotopic (exact) mass is 272 g/mol. The Bertz CT molecular complexity index is 567. The Hall–Kier alpha value is -1.39. The van der Waals surface area contributed by atoms with Crippen molar-refractivity contribution in [2.75, 3.05) is 19.6 Å². The number of nitrogens with zero attached hydrogens (tertiary/aromatic N) is 3. The van der Waals surface area contributed by atoms with Gasteiger partial charge in [-0.15, -0.1) is 0 Å². The van der Waals surface area contributed by atoms with Crippen molar-refractivity contribution in [2.45, 2.75) is 38.8 Å². The molecule has 2 heterocycles. The Balaban J connectivity index is 1.83. The molecule has 1 atom stereocenters. The van der Waals surface area contributed by atoms with E-state index in [1.807, 2.05) is 13.0 Å². The zero-order chi connectivity index (χ0) is 13.9.